The normalized spacial score (nSPS) is 17.3. The van der Waals surface area contributed by atoms with Gasteiger partial charge in [-0.05, 0) is 50.6 Å². The Balaban J connectivity index is 2.04. The van der Waals surface area contributed by atoms with Gasteiger partial charge >= 0.3 is 0 Å². The summed E-state index contributed by atoms with van der Waals surface area (Å²) in [6.07, 6.45) is 1.45. The molecule has 0 radical (unpaired) electrons. The molecule has 0 fully saturated rings. The van der Waals surface area contributed by atoms with Gasteiger partial charge < -0.3 is 15.4 Å². The van der Waals surface area contributed by atoms with Gasteiger partial charge in [0.1, 0.15) is 11.9 Å². The maximum absolute atomic E-state index is 11.3. The molecule has 0 bridgehead atoms. The van der Waals surface area contributed by atoms with Gasteiger partial charge in [0.15, 0.2) is 0 Å². The molecule has 4 heteroatoms. The SMILES string of the molecule is CCNC(C)C(C)Oc1ccc2c(c1)CCC(=O)N2. The van der Waals surface area contributed by atoms with Crippen molar-refractivity contribution >= 4 is 11.6 Å². The lowest BCUT2D eigenvalue weighted by atomic mass is 10.0. The van der Waals surface area contributed by atoms with Crippen LogP contribution in [0.4, 0.5) is 5.69 Å². The quantitative estimate of drug-likeness (QED) is 0.856. The number of benzene rings is 1. The zero-order valence-corrected chi connectivity index (χ0v) is 11.8. The first kappa shape index (κ1) is 13.9. The van der Waals surface area contributed by atoms with Gasteiger partial charge in [-0.1, -0.05) is 6.92 Å². The molecule has 0 aliphatic carbocycles. The highest BCUT2D eigenvalue weighted by atomic mass is 16.5. The van der Waals surface area contributed by atoms with Crippen molar-refractivity contribution in [3.63, 3.8) is 0 Å². The first-order chi connectivity index (χ1) is 9.10. The third-order valence-corrected chi connectivity index (χ3v) is 3.52. The Morgan fingerprint density at radius 2 is 2.16 bits per heavy atom. The highest BCUT2D eigenvalue weighted by Crippen LogP contribution is 2.27. The van der Waals surface area contributed by atoms with Gasteiger partial charge in [-0.2, -0.15) is 0 Å². The number of nitrogens with one attached hydrogen (secondary N) is 2. The lowest BCUT2D eigenvalue weighted by Gasteiger charge is -2.23. The minimum atomic E-state index is 0.0929. The molecule has 19 heavy (non-hydrogen) atoms. The number of amides is 1. The van der Waals surface area contributed by atoms with E-state index in [1.807, 2.05) is 18.2 Å². The number of fused-ring (bicyclic) bond motifs is 1. The molecule has 2 atom stereocenters. The number of carbonyl (C=O) groups is 1. The van der Waals surface area contributed by atoms with Crippen molar-refractivity contribution in [3.05, 3.63) is 23.8 Å². The molecule has 2 rings (SSSR count). The van der Waals surface area contributed by atoms with E-state index in [0.717, 1.165) is 30.0 Å². The van der Waals surface area contributed by atoms with Crippen LogP contribution in [0.5, 0.6) is 5.75 Å². The van der Waals surface area contributed by atoms with Crippen LogP contribution in [0.2, 0.25) is 0 Å². The minimum Gasteiger partial charge on any atom is -0.489 e. The molecule has 0 aromatic heterocycles. The minimum absolute atomic E-state index is 0.0929. The van der Waals surface area contributed by atoms with Crippen LogP contribution in [0.15, 0.2) is 18.2 Å². The van der Waals surface area contributed by atoms with E-state index < -0.39 is 0 Å². The van der Waals surface area contributed by atoms with Gasteiger partial charge in [-0.25, -0.2) is 0 Å². The van der Waals surface area contributed by atoms with E-state index in [9.17, 15) is 4.79 Å². The number of anilines is 1. The predicted octanol–water partition coefficient (Wildman–Crippen LogP) is 2.34. The summed E-state index contributed by atoms with van der Waals surface area (Å²) in [5, 5.41) is 6.23. The monoisotopic (exact) mass is 262 g/mol. The zero-order chi connectivity index (χ0) is 13.8. The second-order valence-corrected chi connectivity index (χ2v) is 5.04. The van der Waals surface area contributed by atoms with Gasteiger partial charge in [0, 0.05) is 18.2 Å². The molecular formula is C15H22N2O2. The zero-order valence-electron chi connectivity index (χ0n) is 11.8. The van der Waals surface area contributed by atoms with Crippen LogP contribution in [0.3, 0.4) is 0 Å². The van der Waals surface area contributed by atoms with Crippen molar-refractivity contribution in [2.45, 2.75) is 45.8 Å². The predicted molar refractivity (Wildman–Crippen MR) is 76.6 cm³/mol. The van der Waals surface area contributed by atoms with Crippen molar-refractivity contribution in [2.24, 2.45) is 0 Å². The van der Waals surface area contributed by atoms with Crippen LogP contribution in [0.1, 0.15) is 32.8 Å². The Morgan fingerprint density at radius 3 is 2.89 bits per heavy atom. The van der Waals surface area contributed by atoms with E-state index in [0.29, 0.717) is 12.5 Å². The Morgan fingerprint density at radius 1 is 1.37 bits per heavy atom. The van der Waals surface area contributed by atoms with E-state index in [2.05, 4.69) is 31.4 Å². The van der Waals surface area contributed by atoms with Crippen molar-refractivity contribution in [3.8, 4) is 5.75 Å². The Labute approximate surface area is 114 Å². The van der Waals surface area contributed by atoms with Crippen LogP contribution in [-0.4, -0.2) is 24.6 Å². The summed E-state index contributed by atoms with van der Waals surface area (Å²) in [5.74, 6) is 0.961. The molecule has 4 nitrogen and oxygen atoms in total. The van der Waals surface area contributed by atoms with Crippen LogP contribution in [0.25, 0.3) is 0 Å². The summed E-state index contributed by atoms with van der Waals surface area (Å²) < 4.78 is 5.95. The summed E-state index contributed by atoms with van der Waals surface area (Å²) >= 11 is 0. The second-order valence-electron chi connectivity index (χ2n) is 5.04. The molecular weight excluding hydrogens is 240 g/mol. The molecule has 2 unspecified atom stereocenters. The summed E-state index contributed by atoms with van der Waals surface area (Å²) in [7, 11) is 0. The van der Waals surface area contributed by atoms with Crippen LogP contribution in [0, 0.1) is 0 Å². The molecule has 0 spiro atoms. The van der Waals surface area contributed by atoms with Gasteiger partial charge in [-0.15, -0.1) is 0 Å². The van der Waals surface area contributed by atoms with E-state index in [1.54, 1.807) is 0 Å². The van der Waals surface area contributed by atoms with Gasteiger partial charge in [0.2, 0.25) is 5.91 Å². The van der Waals surface area contributed by atoms with Gasteiger partial charge in [-0.3, -0.25) is 4.79 Å². The number of rotatable bonds is 5. The molecule has 1 amide bonds. The van der Waals surface area contributed by atoms with Crippen LogP contribution in [-0.2, 0) is 11.2 Å². The average molecular weight is 262 g/mol. The summed E-state index contributed by atoms with van der Waals surface area (Å²) in [4.78, 5) is 11.3. The van der Waals surface area contributed by atoms with E-state index in [-0.39, 0.29) is 12.0 Å². The van der Waals surface area contributed by atoms with Gasteiger partial charge in [0.25, 0.3) is 0 Å². The van der Waals surface area contributed by atoms with E-state index in [1.165, 1.54) is 0 Å². The van der Waals surface area contributed by atoms with Crippen LogP contribution < -0.4 is 15.4 Å². The average Bonchev–Trinajstić information content (AvgIpc) is 2.39. The third-order valence-electron chi connectivity index (χ3n) is 3.52. The number of hydrogen-bond donors (Lipinski definition) is 2. The number of carbonyl (C=O) groups excluding carboxylic acids is 1. The third kappa shape index (κ3) is 3.47. The second kappa shape index (κ2) is 6.06. The van der Waals surface area contributed by atoms with E-state index >= 15 is 0 Å². The molecule has 1 aliphatic rings. The standard InChI is InChI=1S/C15H22N2O2/c1-4-16-10(2)11(3)19-13-6-7-14-12(9-13)5-8-15(18)17-14/h6-7,9-11,16H,4-5,8H2,1-3H3,(H,17,18). The van der Waals surface area contributed by atoms with Crippen molar-refractivity contribution in [1.29, 1.82) is 0 Å². The fourth-order valence-electron chi connectivity index (χ4n) is 2.24. The Bertz CT molecular complexity index is 459. The molecule has 1 aromatic carbocycles. The lowest BCUT2D eigenvalue weighted by molar-refractivity contribution is -0.116. The fourth-order valence-corrected chi connectivity index (χ4v) is 2.24. The fraction of sp³-hybridized carbons (Fsp3) is 0.533. The molecule has 0 saturated carbocycles. The Kier molecular flexibility index (Phi) is 4.43. The molecule has 1 heterocycles. The molecule has 1 aromatic rings. The highest BCUT2D eigenvalue weighted by Gasteiger charge is 2.17. The number of likely N-dealkylation sites (N-methyl/N-ethyl adjacent to an activating group) is 1. The highest BCUT2D eigenvalue weighted by molar-refractivity contribution is 5.93. The topological polar surface area (TPSA) is 50.4 Å². The summed E-state index contributed by atoms with van der Waals surface area (Å²) in [6, 6.07) is 6.18. The largest absolute Gasteiger partial charge is 0.489 e. The first-order valence-corrected chi connectivity index (χ1v) is 6.93. The number of ether oxygens (including phenoxy) is 1. The molecule has 104 valence electrons. The lowest BCUT2D eigenvalue weighted by Crippen LogP contribution is -2.38. The van der Waals surface area contributed by atoms with Crippen molar-refractivity contribution in [1.82, 2.24) is 5.32 Å². The number of hydrogen-bond acceptors (Lipinski definition) is 3. The maximum Gasteiger partial charge on any atom is 0.224 e. The molecule has 2 N–H and O–H groups in total. The Hall–Kier alpha value is -1.55. The first-order valence-electron chi connectivity index (χ1n) is 6.93. The number of aryl methyl sites for hydroxylation is 1. The molecule has 1 aliphatic heterocycles. The van der Waals surface area contributed by atoms with E-state index in [4.69, 9.17) is 4.74 Å². The van der Waals surface area contributed by atoms with Crippen LogP contribution >= 0.6 is 0 Å². The van der Waals surface area contributed by atoms with Crippen molar-refractivity contribution in [2.75, 3.05) is 11.9 Å². The maximum atomic E-state index is 11.3. The molecule has 0 saturated heterocycles. The van der Waals surface area contributed by atoms with Gasteiger partial charge in [0.05, 0.1) is 0 Å². The summed E-state index contributed by atoms with van der Waals surface area (Å²) in [5.41, 5.74) is 2.07. The summed E-state index contributed by atoms with van der Waals surface area (Å²) in [6.45, 7) is 7.21. The van der Waals surface area contributed by atoms with Crippen molar-refractivity contribution < 1.29 is 9.53 Å². The smallest absolute Gasteiger partial charge is 0.224 e.